The van der Waals surface area contributed by atoms with E-state index >= 15 is 0 Å². The summed E-state index contributed by atoms with van der Waals surface area (Å²) >= 11 is 0. The van der Waals surface area contributed by atoms with E-state index in [-0.39, 0.29) is 17.9 Å². The summed E-state index contributed by atoms with van der Waals surface area (Å²) in [5, 5.41) is 4.57. The molecule has 0 radical (unpaired) electrons. The summed E-state index contributed by atoms with van der Waals surface area (Å²) in [6.07, 6.45) is 10.3. The SMILES string of the molecule is CC(C)(C)OON1[C@@H]2CC[C@@H](C2)[C@H]1C(=O)NC(Cc1ccc(C2=CCCCC2)cc1)C(N)=O. The molecule has 0 aromatic heterocycles. The van der Waals surface area contributed by atoms with Crippen molar-refractivity contribution in [1.82, 2.24) is 10.4 Å². The van der Waals surface area contributed by atoms with Crippen molar-refractivity contribution in [1.29, 1.82) is 0 Å². The first-order valence-corrected chi connectivity index (χ1v) is 12.2. The Labute approximate surface area is 196 Å². The van der Waals surface area contributed by atoms with Gasteiger partial charge in [-0.1, -0.05) is 30.3 Å². The predicted octanol–water partition coefficient (Wildman–Crippen LogP) is 3.67. The van der Waals surface area contributed by atoms with Crippen molar-refractivity contribution >= 4 is 17.4 Å². The van der Waals surface area contributed by atoms with Gasteiger partial charge < -0.3 is 11.1 Å². The average molecular weight is 456 g/mol. The molecule has 1 saturated carbocycles. The van der Waals surface area contributed by atoms with Crippen molar-refractivity contribution < 1.29 is 19.5 Å². The Bertz CT molecular complexity index is 890. The zero-order chi connectivity index (χ0) is 23.6. The third-order valence-corrected chi connectivity index (χ3v) is 6.88. The Hall–Kier alpha value is -2.22. The Balaban J connectivity index is 1.40. The van der Waals surface area contributed by atoms with E-state index in [1.165, 1.54) is 24.0 Å². The Morgan fingerprint density at radius 3 is 2.58 bits per heavy atom. The largest absolute Gasteiger partial charge is 0.368 e. The average Bonchev–Trinajstić information content (AvgIpc) is 3.39. The summed E-state index contributed by atoms with van der Waals surface area (Å²) in [5.74, 6) is -0.577. The normalized spacial score (nSPS) is 26.2. The molecule has 1 heterocycles. The van der Waals surface area contributed by atoms with Crippen LogP contribution in [0.3, 0.4) is 0 Å². The van der Waals surface area contributed by atoms with Crippen LogP contribution in [0.25, 0.3) is 5.57 Å². The van der Waals surface area contributed by atoms with Crippen LogP contribution < -0.4 is 11.1 Å². The Kier molecular flexibility index (Phi) is 7.22. The first-order valence-electron chi connectivity index (χ1n) is 12.2. The molecule has 1 aromatic carbocycles. The van der Waals surface area contributed by atoms with Crippen LogP contribution in [0.1, 0.15) is 76.8 Å². The maximum absolute atomic E-state index is 13.2. The van der Waals surface area contributed by atoms with E-state index in [1.54, 1.807) is 5.06 Å². The molecular weight excluding hydrogens is 418 g/mol. The lowest BCUT2D eigenvalue weighted by Gasteiger charge is -2.34. The van der Waals surface area contributed by atoms with Gasteiger partial charge in [0, 0.05) is 12.5 Å². The third kappa shape index (κ3) is 5.83. The lowest BCUT2D eigenvalue weighted by atomic mass is 9.92. The summed E-state index contributed by atoms with van der Waals surface area (Å²) in [6.45, 7) is 5.70. The molecule has 2 fully saturated rings. The number of hydrogen-bond acceptors (Lipinski definition) is 5. The van der Waals surface area contributed by atoms with E-state index < -0.39 is 23.6 Å². The number of carbonyl (C=O) groups is 2. The van der Waals surface area contributed by atoms with Crippen LogP contribution in [-0.2, 0) is 25.9 Å². The van der Waals surface area contributed by atoms with Crippen molar-refractivity contribution in [2.75, 3.05) is 0 Å². The highest BCUT2D eigenvalue weighted by molar-refractivity contribution is 5.89. The predicted molar refractivity (Wildman–Crippen MR) is 126 cm³/mol. The smallest absolute Gasteiger partial charge is 0.240 e. The lowest BCUT2D eigenvalue weighted by Crippen LogP contribution is -2.55. The van der Waals surface area contributed by atoms with E-state index in [9.17, 15) is 9.59 Å². The second kappa shape index (κ2) is 9.95. The maximum atomic E-state index is 13.2. The molecule has 3 aliphatic rings. The fraction of sp³-hybridized carbons (Fsp3) is 0.615. The number of carbonyl (C=O) groups excluding carboxylic acids is 2. The summed E-state index contributed by atoms with van der Waals surface area (Å²) in [6, 6.07) is 7.15. The quantitative estimate of drug-likeness (QED) is 0.461. The monoisotopic (exact) mass is 455 g/mol. The van der Waals surface area contributed by atoms with E-state index in [0.29, 0.717) is 6.42 Å². The molecule has 180 valence electrons. The number of hydrogen-bond donors (Lipinski definition) is 2. The third-order valence-electron chi connectivity index (χ3n) is 6.88. The fourth-order valence-electron chi connectivity index (χ4n) is 5.21. The molecular formula is C26H37N3O4. The number of fused-ring (bicyclic) bond motifs is 2. The van der Waals surface area contributed by atoms with Gasteiger partial charge in [-0.3, -0.25) is 9.59 Å². The molecule has 0 spiro atoms. The van der Waals surface area contributed by atoms with Gasteiger partial charge in [0.15, 0.2) is 0 Å². The minimum absolute atomic E-state index is 0.154. The number of piperidine rings is 1. The summed E-state index contributed by atoms with van der Waals surface area (Å²) < 4.78 is 0. The molecule has 1 saturated heterocycles. The minimum Gasteiger partial charge on any atom is -0.368 e. The second-order valence-corrected chi connectivity index (χ2v) is 10.6. The van der Waals surface area contributed by atoms with Gasteiger partial charge in [-0.05, 0) is 88.3 Å². The van der Waals surface area contributed by atoms with Crippen molar-refractivity contribution in [3.63, 3.8) is 0 Å². The highest BCUT2D eigenvalue weighted by Crippen LogP contribution is 2.43. The van der Waals surface area contributed by atoms with Crippen LogP contribution in [0.2, 0.25) is 0 Å². The number of rotatable bonds is 8. The van der Waals surface area contributed by atoms with E-state index in [1.807, 2.05) is 32.9 Å². The second-order valence-electron chi connectivity index (χ2n) is 10.6. The summed E-state index contributed by atoms with van der Waals surface area (Å²) in [7, 11) is 0. The van der Waals surface area contributed by atoms with Crippen molar-refractivity contribution in [3.8, 4) is 0 Å². The topological polar surface area (TPSA) is 93.9 Å². The van der Waals surface area contributed by atoms with E-state index in [2.05, 4.69) is 23.5 Å². The van der Waals surface area contributed by atoms with Crippen molar-refractivity contribution in [2.24, 2.45) is 11.7 Å². The molecule has 1 aliphatic heterocycles. The lowest BCUT2D eigenvalue weighted by molar-refractivity contribution is -0.472. The Morgan fingerprint density at radius 2 is 1.94 bits per heavy atom. The van der Waals surface area contributed by atoms with Crippen LogP contribution in [0.15, 0.2) is 30.3 Å². The molecule has 3 N–H and O–H groups in total. The molecule has 1 unspecified atom stereocenters. The number of hydroxylamine groups is 2. The Morgan fingerprint density at radius 1 is 1.18 bits per heavy atom. The zero-order valence-corrected chi connectivity index (χ0v) is 20.0. The highest BCUT2D eigenvalue weighted by atomic mass is 17.3. The summed E-state index contributed by atoms with van der Waals surface area (Å²) in [5.41, 5.74) is 8.77. The summed E-state index contributed by atoms with van der Waals surface area (Å²) in [4.78, 5) is 36.6. The highest BCUT2D eigenvalue weighted by Gasteiger charge is 2.51. The number of amides is 2. The first kappa shape index (κ1) is 23.9. The van der Waals surface area contributed by atoms with Gasteiger partial charge in [0.25, 0.3) is 0 Å². The number of nitrogens with zero attached hydrogens (tertiary/aromatic N) is 1. The molecule has 1 aromatic rings. The first-order chi connectivity index (χ1) is 15.7. The number of primary amides is 1. The van der Waals surface area contributed by atoms with Crippen molar-refractivity contribution in [3.05, 3.63) is 41.5 Å². The molecule has 2 aliphatic carbocycles. The zero-order valence-electron chi connectivity index (χ0n) is 20.0. The molecule has 7 nitrogen and oxygen atoms in total. The molecule has 2 amide bonds. The number of benzene rings is 1. The van der Waals surface area contributed by atoms with Gasteiger partial charge in [0.1, 0.15) is 12.1 Å². The van der Waals surface area contributed by atoms with Crippen LogP contribution in [0.5, 0.6) is 0 Å². The van der Waals surface area contributed by atoms with Crippen LogP contribution in [0.4, 0.5) is 0 Å². The van der Waals surface area contributed by atoms with Crippen LogP contribution >= 0.6 is 0 Å². The van der Waals surface area contributed by atoms with Gasteiger partial charge in [-0.25, -0.2) is 4.89 Å². The van der Waals surface area contributed by atoms with E-state index in [0.717, 1.165) is 37.7 Å². The number of nitrogens with one attached hydrogen (secondary N) is 1. The molecule has 7 heteroatoms. The molecule has 2 bridgehead atoms. The van der Waals surface area contributed by atoms with Gasteiger partial charge in [0.2, 0.25) is 11.8 Å². The van der Waals surface area contributed by atoms with Crippen molar-refractivity contribution in [2.45, 2.75) is 95.9 Å². The fourth-order valence-corrected chi connectivity index (χ4v) is 5.21. The number of allylic oxidation sites excluding steroid dienone is 2. The van der Waals surface area contributed by atoms with Crippen LogP contribution in [0, 0.1) is 5.92 Å². The van der Waals surface area contributed by atoms with Gasteiger partial charge in [0.05, 0.1) is 5.60 Å². The van der Waals surface area contributed by atoms with Gasteiger partial charge in [-0.2, -0.15) is 0 Å². The minimum atomic E-state index is -0.776. The molecule has 4 rings (SSSR count). The molecule has 4 atom stereocenters. The van der Waals surface area contributed by atoms with Gasteiger partial charge >= 0.3 is 0 Å². The van der Waals surface area contributed by atoms with E-state index in [4.69, 9.17) is 15.6 Å². The van der Waals surface area contributed by atoms with Crippen LogP contribution in [-0.4, -0.2) is 40.6 Å². The number of nitrogens with two attached hydrogens (primary N) is 1. The van der Waals surface area contributed by atoms with Gasteiger partial charge in [-0.15, -0.1) is 10.1 Å². The molecule has 33 heavy (non-hydrogen) atoms. The standard InChI is InChI=1S/C26H37N3O4/c1-26(2,3)32-33-29-21-14-13-20(16-21)23(29)25(31)28-22(24(27)30)15-17-9-11-19(12-10-17)18-7-5-4-6-8-18/h7,9-12,20-23H,4-6,8,13-16H2,1-3H3,(H2,27,30)(H,28,31)/t20-,21+,22?,23-/m0/s1. The maximum Gasteiger partial charge on any atom is 0.240 e.